The topological polar surface area (TPSA) is 7.12 Å². The second-order valence-corrected chi connectivity index (χ2v) is 8.10. The molecule has 4 heteroatoms. The molecule has 0 N–H and O–H groups in total. The third-order valence-corrected chi connectivity index (χ3v) is 4.45. The summed E-state index contributed by atoms with van der Waals surface area (Å²) >= 11 is 2.40. The molecule has 0 spiro atoms. The standard InChI is InChI=1S/C18H26IN3/c1-20(2)17-10-11-21(18(19)12-17)13-15-6-8-16(9-7-15)14-22(3,4)5/h6-12H,13-14H2,1-5H3/q+2. The van der Waals surface area contributed by atoms with Gasteiger partial charge in [-0.1, -0.05) is 24.3 Å². The van der Waals surface area contributed by atoms with E-state index in [1.165, 1.54) is 20.5 Å². The van der Waals surface area contributed by atoms with Crippen molar-refractivity contribution in [2.75, 3.05) is 40.1 Å². The first-order chi connectivity index (χ1) is 10.2. The van der Waals surface area contributed by atoms with E-state index in [9.17, 15) is 0 Å². The van der Waals surface area contributed by atoms with Gasteiger partial charge in [0, 0.05) is 65.6 Å². The van der Waals surface area contributed by atoms with Crippen molar-refractivity contribution in [1.29, 1.82) is 0 Å². The number of hydrogen-bond acceptors (Lipinski definition) is 1. The summed E-state index contributed by atoms with van der Waals surface area (Å²) in [5.74, 6) is 0. The van der Waals surface area contributed by atoms with Crippen LogP contribution in [0.2, 0.25) is 0 Å². The largest absolute Gasteiger partial charge is 0.377 e. The fourth-order valence-corrected chi connectivity index (χ4v) is 3.04. The summed E-state index contributed by atoms with van der Waals surface area (Å²) in [7, 11) is 10.8. The molecule has 0 saturated heterocycles. The fourth-order valence-electron chi connectivity index (χ4n) is 2.39. The van der Waals surface area contributed by atoms with Gasteiger partial charge in [0.1, 0.15) is 6.54 Å². The summed E-state index contributed by atoms with van der Waals surface area (Å²) in [5, 5.41) is 0. The minimum atomic E-state index is 0.913. The Balaban J connectivity index is 2.11. The number of aromatic nitrogens is 1. The Bertz CT molecular complexity index is 628. The first-order valence-electron chi connectivity index (χ1n) is 7.49. The Morgan fingerprint density at radius 1 is 1.00 bits per heavy atom. The van der Waals surface area contributed by atoms with E-state index in [2.05, 4.69) is 110 Å². The van der Waals surface area contributed by atoms with E-state index < -0.39 is 0 Å². The molecule has 0 bridgehead atoms. The molecule has 1 heterocycles. The van der Waals surface area contributed by atoms with Gasteiger partial charge in [0.2, 0.25) is 3.70 Å². The van der Waals surface area contributed by atoms with Crippen molar-refractivity contribution in [3.8, 4) is 0 Å². The second kappa shape index (κ2) is 6.96. The minimum Gasteiger partial charge on any atom is -0.377 e. The lowest BCUT2D eigenvalue weighted by atomic mass is 10.1. The predicted molar refractivity (Wildman–Crippen MR) is 101 cm³/mol. The summed E-state index contributed by atoms with van der Waals surface area (Å²) < 4.78 is 4.49. The van der Waals surface area contributed by atoms with Gasteiger partial charge in [-0.25, -0.2) is 0 Å². The highest BCUT2D eigenvalue weighted by Crippen LogP contribution is 2.13. The van der Waals surface area contributed by atoms with Gasteiger partial charge in [0.25, 0.3) is 0 Å². The van der Waals surface area contributed by atoms with Crippen LogP contribution in [0, 0.1) is 3.70 Å². The van der Waals surface area contributed by atoms with Crippen molar-refractivity contribution in [2.24, 2.45) is 0 Å². The van der Waals surface area contributed by atoms with E-state index in [0.29, 0.717) is 0 Å². The molecule has 1 aromatic carbocycles. The number of anilines is 1. The third kappa shape index (κ3) is 4.95. The molecule has 0 amide bonds. The molecule has 0 radical (unpaired) electrons. The lowest BCUT2D eigenvalue weighted by Crippen LogP contribution is -2.38. The Hall–Kier alpha value is -1.14. The summed E-state index contributed by atoms with van der Waals surface area (Å²) in [6.45, 7) is 1.97. The van der Waals surface area contributed by atoms with E-state index in [1.54, 1.807) is 0 Å². The van der Waals surface area contributed by atoms with Crippen LogP contribution in [0.25, 0.3) is 0 Å². The van der Waals surface area contributed by atoms with Gasteiger partial charge in [-0.15, -0.1) is 0 Å². The van der Waals surface area contributed by atoms with Gasteiger partial charge in [0.05, 0.1) is 21.1 Å². The second-order valence-electron chi connectivity index (χ2n) is 6.99. The first-order valence-corrected chi connectivity index (χ1v) is 8.57. The van der Waals surface area contributed by atoms with E-state index in [4.69, 9.17) is 0 Å². The van der Waals surface area contributed by atoms with Crippen LogP contribution in [-0.4, -0.2) is 39.7 Å². The molecule has 2 rings (SSSR count). The maximum absolute atomic E-state index is 2.40. The molecular weight excluding hydrogens is 385 g/mol. The fraction of sp³-hybridized carbons (Fsp3) is 0.389. The van der Waals surface area contributed by atoms with Crippen LogP contribution in [0.5, 0.6) is 0 Å². The number of benzene rings is 1. The number of halogens is 1. The van der Waals surface area contributed by atoms with E-state index in [-0.39, 0.29) is 0 Å². The van der Waals surface area contributed by atoms with Crippen LogP contribution in [0.4, 0.5) is 5.69 Å². The number of hydrogen-bond donors (Lipinski definition) is 0. The summed E-state index contributed by atoms with van der Waals surface area (Å²) in [4.78, 5) is 2.13. The van der Waals surface area contributed by atoms with Crippen molar-refractivity contribution in [3.63, 3.8) is 0 Å². The van der Waals surface area contributed by atoms with Crippen LogP contribution < -0.4 is 9.47 Å². The zero-order chi connectivity index (χ0) is 16.3. The quantitative estimate of drug-likeness (QED) is 0.318. The molecule has 0 unspecified atom stereocenters. The van der Waals surface area contributed by atoms with Crippen molar-refractivity contribution < 1.29 is 9.05 Å². The summed E-state index contributed by atoms with van der Waals surface area (Å²) in [6, 6.07) is 13.4. The maximum Gasteiger partial charge on any atom is 0.243 e. The van der Waals surface area contributed by atoms with Crippen LogP contribution in [-0.2, 0) is 13.1 Å². The summed E-state index contributed by atoms with van der Waals surface area (Å²) in [5.41, 5.74) is 3.96. The first kappa shape index (κ1) is 17.2. The Labute approximate surface area is 147 Å². The van der Waals surface area contributed by atoms with Crippen LogP contribution in [0.3, 0.4) is 0 Å². The van der Waals surface area contributed by atoms with Crippen molar-refractivity contribution in [3.05, 3.63) is 57.4 Å². The van der Waals surface area contributed by atoms with E-state index in [0.717, 1.165) is 17.6 Å². The van der Waals surface area contributed by atoms with Crippen molar-refractivity contribution in [2.45, 2.75) is 13.1 Å². The zero-order valence-corrected chi connectivity index (χ0v) is 16.3. The molecule has 0 aliphatic carbocycles. The molecule has 0 aliphatic heterocycles. The molecule has 0 atom stereocenters. The molecule has 1 aromatic heterocycles. The molecule has 0 saturated carbocycles. The monoisotopic (exact) mass is 411 g/mol. The molecule has 3 nitrogen and oxygen atoms in total. The molecule has 0 aliphatic rings. The maximum atomic E-state index is 2.40. The lowest BCUT2D eigenvalue weighted by molar-refractivity contribution is -0.884. The molecule has 22 heavy (non-hydrogen) atoms. The van der Waals surface area contributed by atoms with Crippen LogP contribution in [0.1, 0.15) is 11.1 Å². The Morgan fingerprint density at radius 3 is 2.09 bits per heavy atom. The number of quaternary nitrogens is 1. The molecule has 2 aromatic rings. The highest BCUT2D eigenvalue weighted by molar-refractivity contribution is 14.1. The van der Waals surface area contributed by atoms with Gasteiger partial charge < -0.3 is 9.38 Å². The van der Waals surface area contributed by atoms with E-state index >= 15 is 0 Å². The summed E-state index contributed by atoms with van der Waals surface area (Å²) in [6.07, 6.45) is 2.16. The highest BCUT2D eigenvalue weighted by Gasteiger charge is 2.12. The molecule has 0 fully saturated rings. The van der Waals surface area contributed by atoms with Gasteiger partial charge >= 0.3 is 0 Å². The normalized spacial score (nSPS) is 11.5. The van der Waals surface area contributed by atoms with Crippen LogP contribution in [0.15, 0.2) is 42.6 Å². The van der Waals surface area contributed by atoms with Gasteiger partial charge in [0.15, 0.2) is 12.7 Å². The SMILES string of the molecule is CN(C)c1cc[n+](Cc2ccc(C[N+](C)(C)C)cc2)c(I)c1. The number of pyridine rings is 1. The smallest absolute Gasteiger partial charge is 0.243 e. The molecular formula is C18H26IN3+2. The lowest BCUT2D eigenvalue weighted by Gasteiger charge is -2.23. The average molecular weight is 411 g/mol. The third-order valence-electron chi connectivity index (χ3n) is 3.52. The Kier molecular flexibility index (Phi) is 5.45. The van der Waals surface area contributed by atoms with Gasteiger partial charge in [-0.2, -0.15) is 4.57 Å². The highest BCUT2D eigenvalue weighted by atomic mass is 127. The minimum absolute atomic E-state index is 0.913. The van der Waals surface area contributed by atoms with Crippen molar-refractivity contribution >= 4 is 28.3 Å². The van der Waals surface area contributed by atoms with Gasteiger partial charge in [-0.3, -0.25) is 0 Å². The van der Waals surface area contributed by atoms with Crippen LogP contribution >= 0.6 is 22.6 Å². The number of nitrogens with zero attached hydrogens (tertiary/aromatic N) is 3. The van der Waals surface area contributed by atoms with Crippen molar-refractivity contribution in [1.82, 2.24) is 0 Å². The average Bonchev–Trinajstić information content (AvgIpc) is 2.41. The molecule has 118 valence electrons. The van der Waals surface area contributed by atoms with Gasteiger partial charge in [-0.05, 0) is 0 Å². The Morgan fingerprint density at radius 2 is 1.59 bits per heavy atom. The number of rotatable bonds is 5. The zero-order valence-electron chi connectivity index (χ0n) is 14.2. The predicted octanol–water partition coefficient (Wildman–Crippen LogP) is 2.90. The van der Waals surface area contributed by atoms with E-state index in [1.807, 2.05) is 0 Å².